The smallest absolute Gasteiger partial charge is 0 e. The summed E-state index contributed by atoms with van der Waals surface area (Å²) < 4.78 is 0. The zero-order chi connectivity index (χ0) is 6.69. The number of aromatic nitrogens is 2. The molecule has 1 aromatic rings. The van der Waals surface area contributed by atoms with Crippen molar-refractivity contribution in [2.45, 2.75) is 20.3 Å². The van der Waals surface area contributed by atoms with E-state index in [0.717, 1.165) is 12.1 Å². The first kappa shape index (κ1) is 10.2. The molecular formula is C7H9N2Y-. The van der Waals surface area contributed by atoms with Gasteiger partial charge in [-0.1, -0.05) is 13.3 Å². The Morgan fingerprint density at radius 3 is 2.70 bits per heavy atom. The maximum absolute atomic E-state index is 3.84. The van der Waals surface area contributed by atoms with Gasteiger partial charge < -0.3 is 0 Å². The maximum Gasteiger partial charge on any atom is 0 e. The van der Waals surface area contributed by atoms with Gasteiger partial charge in [0.2, 0.25) is 0 Å². The minimum absolute atomic E-state index is 0. The molecule has 0 fully saturated rings. The van der Waals surface area contributed by atoms with Gasteiger partial charge in [0.05, 0.1) is 0 Å². The van der Waals surface area contributed by atoms with E-state index in [-0.39, 0.29) is 32.7 Å². The molecular weight excluding hydrogens is 201 g/mol. The summed E-state index contributed by atoms with van der Waals surface area (Å²) >= 11 is 0. The normalized spacial score (nSPS) is 8.60. The minimum atomic E-state index is 0. The summed E-state index contributed by atoms with van der Waals surface area (Å²) in [6.45, 7) is 4.05. The van der Waals surface area contributed by atoms with E-state index >= 15 is 0 Å². The summed E-state index contributed by atoms with van der Waals surface area (Å²) in [6.07, 6.45) is 3.70. The van der Waals surface area contributed by atoms with Crippen molar-refractivity contribution in [1.82, 2.24) is 10.2 Å². The monoisotopic (exact) mass is 210 g/mol. The summed E-state index contributed by atoms with van der Waals surface area (Å²) in [5, 5.41) is 7.46. The molecule has 0 aliphatic rings. The molecule has 0 aromatic carbocycles. The molecule has 1 aromatic heterocycles. The third kappa shape index (κ3) is 2.43. The largest absolute Gasteiger partial charge is 0.268 e. The Bertz CT molecular complexity index is 201. The zero-order valence-electron chi connectivity index (χ0n) is 6.26. The summed E-state index contributed by atoms with van der Waals surface area (Å²) in [6, 6.07) is 1.88. The van der Waals surface area contributed by atoms with Gasteiger partial charge in [0, 0.05) is 32.7 Å². The third-order valence-corrected chi connectivity index (χ3v) is 1.34. The maximum atomic E-state index is 3.84. The van der Waals surface area contributed by atoms with Gasteiger partial charge in [-0.05, 0) is 12.6 Å². The van der Waals surface area contributed by atoms with E-state index in [1.165, 1.54) is 5.56 Å². The minimum Gasteiger partial charge on any atom is -0.268 e. The molecule has 0 saturated heterocycles. The molecule has 10 heavy (non-hydrogen) atoms. The molecule has 1 heterocycles. The van der Waals surface area contributed by atoms with E-state index in [4.69, 9.17) is 0 Å². The van der Waals surface area contributed by atoms with Gasteiger partial charge in [0.25, 0.3) is 0 Å². The van der Waals surface area contributed by atoms with Gasteiger partial charge in [0.15, 0.2) is 0 Å². The van der Waals surface area contributed by atoms with Crippen LogP contribution < -0.4 is 0 Å². The Balaban J connectivity index is 0.000000810. The average molecular weight is 210 g/mol. The second kappa shape index (κ2) is 4.92. The molecule has 1 radical (unpaired) electrons. The van der Waals surface area contributed by atoms with Crippen LogP contribution in [0.3, 0.4) is 0 Å². The fourth-order valence-electron chi connectivity index (χ4n) is 0.737. The van der Waals surface area contributed by atoms with Crippen LogP contribution in [0.2, 0.25) is 0 Å². The molecule has 2 nitrogen and oxygen atoms in total. The zero-order valence-corrected chi connectivity index (χ0v) is 9.09. The van der Waals surface area contributed by atoms with Gasteiger partial charge in [-0.2, -0.15) is 10.7 Å². The summed E-state index contributed by atoms with van der Waals surface area (Å²) in [4.78, 5) is 0. The fraction of sp³-hybridized carbons (Fsp3) is 0.429. The van der Waals surface area contributed by atoms with Crippen LogP contribution in [0.15, 0.2) is 6.07 Å². The van der Waals surface area contributed by atoms with Crippen molar-refractivity contribution >= 4 is 0 Å². The number of aryl methyl sites for hydroxylation is 2. The average Bonchev–Trinajstić information content (AvgIpc) is 1.89. The van der Waals surface area contributed by atoms with Crippen molar-refractivity contribution in [3.63, 3.8) is 0 Å². The molecule has 0 atom stereocenters. The summed E-state index contributed by atoms with van der Waals surface area (Å²) in [5.41, 5.74) is 2.24. The second-order valence-electron chi connectivity index (χ2n) is 1.94. The topological polar surface area (TPSA) is 25.8 Å². The van der Waals surface area contributed by atoms with Crippen molar-refractivity contribution < 1.29 is 32.7 Å². The van der Waals surface area contributed by atoms with Crippen LogP contribution >= 0.6 is 0 Å². The Morgan fingerprint density at radius 1 is 1.60 bits per heavy atom. The number of hydrogen-bond acceptors (Lipinski definition) is 2. The Morgan fingerprint density at radius 2 is 2.30 bits per heavy atom. The number of nitrogens with zero attached hydrogens (tertiary/aromatic N) is 2. The first-order valence-corrected chi connectivity index (χ1v) is 3.04. The van der Waals surface area contributed by atoms with Crippen molar-refractivity contribution in [3.05, 3.63) is 23.5 Å². The van der Waals surface area contributed by atoms with Crippen LogP contribution in [-0.4, -0.2) is 10.2 Å². The number of hydrogen-bond donors (Lipinski definition) is 0. The van der Waals surface area contributed by atoms with Crippen LogP contribution in [-0.2, 0) is 39.1 Å². The SMILES string of the molecule is CCc1c[c-]nnc1C.[Y]. The molecule has 0 aliphatic heterocycles. The van der Waals surface area contributed by atoms with Crippen LogP contribution in [0.1, 0.15) is 18.2 Å². The van der Waals surface area contributed by atoms with Crippen LogP contribution in [0, 0.1) is 13.1 Å². The van der Waals surface area contributed by atoms with Gasteiger partial charge in [-0.3, -0.25) is 5.10 Å². The molecule has 0 amide bonds. The molecule has 0 aliphatic carbocycles. The molecule has 0 bridgehead atoms. The predicted molar refractivity (Wildman–Crippen MR) is 35.0 cm³/mol. The van der Waals surface area contributed by atoms with E-state index in [0.29, 0.717) is 0 Å². The standard InChI is InChI=1S/C7H9N2.Y/c1-3-7-4-5-8-9-6(7)2;/h4H,3H2,1-2H3;/q-1;. The summed E-state index contributed by atoms with van der Waals surface area (Å²) in [7, 11) is 0. The second-order valence-corrected chi connectivity index (χ2v) is 1.94. The van der Waals surface area contributed by atoms with Crippen molar-refractivity contribution in [1.29, 1.82) is 0 Å². The Labute approximate surface area is 86.3 Å². The van der Waals surface area contributed by atoms with Crippen molar-refractivity contribution in [3.8, 4) is 0 Å². The fourth-order valence-corrected chi connectivity index (χ4v) is 0.737. The third-order valence-electron chi connectivity index (χ3n) is 1.34. The van der Waals surface area contributed by atoms with E-state index < -0.39 is 0 Å². The van der Waals surface area contributed by atoms with Gasteiger partial charge in [-0.25, -0.2) is 6.07 Å². The van der Waals surface area contributed by atoms with E-state index in [2.05, 4.69) is 23.3 Å². The van der Waals surface area contributed by atoms with Crippen LogP contribution in [0.25, 0.3) is 0 Å². The summed E-state index contributed by atoms with van der Waals surface area (Å²) in [5.74, 6) is 0. The molecule has 51 valence electrons. The Kier molecular flexibility index (Phi) is 5.01. The van der Waals surface area contributed by atoms with Crippen LogP contribution in [0.4, 0.5) is 0 Å². The quantitative estimate of drug-likeness (QED) is 0.649. The molecule has 3 heteroatoms. The van der Waals surface area contributed by atoms with Gasteiger partial charge in [-0.15, -0.1) is 6.20 Å². The van der Waals surface area contributed by atoms with E-state index in [9.17, 15) is 0 Å². The molecule has 0 saturated carbocycles. The molecule has 0 unspecified atom stereocenters. The first-order chi connectivity index (χ1) is 4.34. The van der Waals surface area contributed by atoms with Crippen molar-refractivity contribution in [2.24, 2.45) is 0 Å². The Hall–Kier alpha value is 0.184. The van der Waals surface area contributed by atoms with Gasteiger partial charge >= 0.3 is 0 Å². The molecule has 0 spiro atoms. The van der Waals surface area contributed by atoms with E-state index in [1.54, 1.807) is 0 Å². The van der Waals surface area contributed by atoms with Crippen LogP contribution in [0.5, 0.6) is 0 Å². The van der Waals surface area contributed by atoms with E-state index in [1.807, 2.05) is 13.0 Å². The predicted octanol–water partition coefficient (Wildman–Crippen LogP) is 1.15. The van der Waals surface area contributed by atoms with Gasteiger partial charge in [0.1, 0.15) is 0 Å². The van der Waals surface area contributed by atoms with Crippen molar-refractivity contribution in [2.75, 3.05) is 0 Å². The first-order valence-electron chi connectivity index (χ1n) is 3.04. The molecule has 0 N–H and O–H groups in total. The number of rotatable bonds is 1. The molecule has 1 rings (SSSR count).